The molecule has 2 heterocycles. The van der Waals surface area contributed by atoms with Crippen LogP contribution in [0.4, 0.5) is 0 Å². The fourth-order valence-electron chi connectivity index (χ4n) is 2.24. The summed E-state index contributed by atoms with van der Waals surface area (Å²) in [7, 11) is 1.59. The van der Waals surface area contributed by atoms with Crippen LogP contribution in [0.1, 0.15) is 24.7 Å². The first-order chi connectivity index (χ1) is 8.78. The van der Waals surface area contributed by atoms with Gasteiger partial charge in [-0.25, -0.2) is 0 Å². The van der Waals surface area contributed by atoms with Gasteiger partial charge in [0, 0.05) is 18.7 Å². The quantitative estimate of drug-likeness (QED) is 0.817. The predicted octanol–water partition coefficient (Wildman–Crippen LogP) is 2.65. The molecule has 1 aromatic heterocycles. The van der Waals surface area contributed by atoms with Crippen molar-refractivity contribution >= 4 is 11.0 Å². The van der Waals surface area contributed by atoms with Crippen LogP contribution < -0.4 is 10.2 Å². The summed E-state index contributed by atoms with van der Waals surface area (Å²) in [5.41, 5.74) is 0.511. The first kappa shape index (κ1) is 11.3. The number of hydrogen-bond donors (Lipinski definition) is 0. The molecule has 1 aliphatic heterocycles. The summed E-state index contributed by atoms with van der Waals surface area (Å²) >= 11 is 0. The summed E-state index contributed by atoms with van der Waals surface area (Å²) in [6.45, 7) is 0.727. The van der Waals surface area contributed by atoms with Crippen molar-refractivity contribution < 1.29 is 13.9 Å². The molecule has 0 radical (unpaired) electrons. The van der Waals surface area contributed by atoms with Crippen LogP contribution in [0.3, 0.4) is 0 Å². The van der Waals surface area contributed by atoms with Crippen molar-refractivity contribution in [2.24, 2.45) is 0 Å². The Kier molecular flexibility index (Phi) is 2.80. The SMILES string of the molecule is COc1ccc2c(=O)cc([C@H]3CCCO3)oc2c1. The molecular weight excluding hydrogens is 232 g/mol. The van der Waals surface area contributed by atoms with Gasteiger partial charge in [-0.15, -0.1) is 0 Å². The molecule has 4 heteroatoms. The Labute approximate surface area is 104 Å². The van der Waals surface area contributed by atoms with Gasteiger partial charge in [-0.1, -0.05) is 0 Å². The molecule has 1 atom stereocenters. The Balaban J connectivity index is 2.14. The minimum absolute atomic E-state index is 0.0376. The van der Waals surface area contributed by atoms with Crippen molar-refractivity contribution in [3.8, 4) is 5.75 Å². The molecule has 0 amide bonds. The molecular formula is C14H14O4. The van der Waals surface area contributed by atoms with Gasteiger partial charge < -0.3 is 13.9 Å². The fraction of sp³-hybridized carbons (Fsp3) is 0.357. The van der Waals surface area contributed by atoms with Crippen molar-refractivity contribution in [2.75, 3.05) is 13.7 Å². The molecule has 1 saturated heterocycles. The average Bonchev–Trinajstić information content (AvgIpc) is 2.91. The highest BCUT2D eigenvalue weighted by atomic mass is 16.5. The Hall–Kier alpha value is -1.81. The molecule has 2 aromatic rings. The van der Waals surface area contributed by atoms with E-state index in [-0.39, 0.29) is 11.5 Å². The standard InChI is InChI=1S/C14H14O4/c1-16-9-4-5-10-11(15)8-14(18-13(10)7-9)12-3-2-6-17-12/h4-5,7-8,12H,2-3,6H2,1H3/t12-/m1/s1. The van der Waals surface area contributed by atoms with E-state index in [4.69, 9.17) is 13.9 Å². The summed E-state index contributed by atoms with van der Waals surface area (Å²) < 4.78 is 16.4. The van der Waals surface area contributed by atoms with Gasteiger partial charge in [0.05, 0.1) is 12.5 Å². The minimum Gasteiger partial charge on any atom is -0.497 e. The smallest absolute Gasteiger partial charge is 0.193 e. The van der Waals surface area contributed by atoms with Crippen LogP contribution in [0.5, 0.6) is 5.75 Å². The topological polar surface area (TPSA) is 48.7 Å². The molecule has 1 aromatic carbocycles. The molecule has 4 nitrogen and oxygen atoms in total. The maximum absolute atomic E-state index is 12.0. The van der Waals surface area contributed by atoms with Crippen LogP contribution in [0.15, 0.2) is 33.5 Å². The van der Waals surface area contributed by atoms with Gasteiger partial charge in [-0.2, -0.15) is 0 Å². The molecule has 3 rings (SSSR count). The van der Waals surface area contributed by atoms with E-state index in [2.05, 4.69) is 0 Å². The molecule has 0 bridgehead atoms. The fourth-order valence-corrected chi connectivity index (χ4v) is 2.24. The maximum Gasteiger partial charge on any atom is 0.193 e. The molecule has 0 aliphatic carbocycles. The monoisotopic (exact) mass is 246 g/mol. The first-order valence-electron chi connectivity index (χ1n) is 6.01. The number of benzene rings is 1. The number of methoxy groups -OCH3 is 1. The summed E-state index contributed by atoms with van der Waals surface area (Å²) in [5, 5.41) is 0.567. The van der Waals surface area contributed by atoms with E-state index in [9.17, 15) is 4.79 Å². The van der Waals surface area contributed by atoms with Crippen LogP contribution in [-0.2, 0) is 4.74 Å². The van der Waals surface area contributed by atoms with Crippen LogP contribution in [0, 0.1) is 0 Å². The highest BCUT2D eigenvalue weighted by Crippen LogP contribution is 2.30. The lowest BCUT2D eigenvalue weighted by Gasteiger charge is -2.09. The third-order valence-electron chi connectivity index (χ3n) is 3.20. The third-order valence-corrected chi connectivity index (χ3v) is 3.20. The molecule has 18 heavy (non-hydrogen) atoms. The largest absolute Gasteiger partial charge is 0.497 e. The van der Waals surface area contributed by atoms with Crippen molar-refractivity contribution in [1.29, 1.82) is 0 Å². The summed E-state index contributed by atoms with van der Waals surface area (Å²) in [6, 6.07) is 6.74. The van der Waals surface area contributed by atoms with Gasteiger partial charge in [-0.3, -0.25) is 4.79 Å². The average molecular weight is 246 g/mol. The van der Waals surface area contributed by atoms with E-state index in [1.165, 1.54) is 6.07 Å². The zero-order valence-corrected chi connectivity index (χ0v) is 10.1. The highest BCUT2D eigenvalue weighted by Gasteiger charge is 2.21. The lowest BCUT2D eigenvalue weighted by Crippen LogP contribution is -2.05. The maximum atomic E-state index is 12.0. The Morgan fingerprint density at radius 1 is 1.33 bits per heavy atom. The first-order valence-corrected chi connectivity index (χ1v) is 6.01. The molecule has 0 spiro atoms. The lowest BCUT2D eigenvalue weighted by atomic mass is 10.1. The van der Waals surface area contributed by atoms with Crippen molar-refractivity contribution in [3.05, 3.63) is 40.2 Å². The molecule has 0 unspecified atom stereocenters. The van der Waals surface area contributed by atoms with Gasteiger partial charge in [0.15, 0.2) is 5.43 Å². The van der Waals surface area contributed by atoms with E-state index in [1.54, 1.807) is 25.3 Å². The summed E-state index contributed by atoms with van der Waals surface area (Å²) in [5.74, 6) is 1.29. The number of ether oxygens (including phenoxy) is 2. The van der Waals surface area contributed by atoms with Gasteiger partial charge in [-0.05, 0) is 25.0 Å². The highest BCUT2D eigenvalue weighted by molar-refractivity contribution is 5.78. The van der Waals surface area contributed by atoms with E-state index in [0.717, 1.165) is 19.4 Å². The second kappa shape index (κ2) is 4.46. The third kappa shape index (κ3) is 1.88. The van der Waals surface area contributed by atoms with Gasteiger partial charge in [0.25, 0.3) is 0 Å². The Morgan fingerprint density at radius 2 is 2.22 bits per heavy atom. The zero-order chi connectivity index (χ0) is 12.5. The second-order valence-corrected chi connectivity index (χ2v) is 4.38. The van der Waals surface area contributed by atoms with E-state index < -0.39 is 0 Å². The van der Waals surface area contributed by atoms with Crippen LogP contribution in [0.2, 0.25) is 0 Å². The van der Waals surface area contributed by atoms with E-state index in [1.807, 2.05) is 0 Å². The predicted molar refractivity (Wildman–Crippen MR) is 67.0 cm³/mol. The van der Waals surface area contributed by atoms with Crippen molar-refractivity contribution in [3.63, 3.8) is 0 Å². The second-order valence-electron chi connectivity index (χ2n) is 4.38. The molecule has 1 fully saturated rings. The number of rotatable bonds is 2. The van der Waals surface area contributed by atoms with Crippen LogP contribution in [-0.4, -0.2) is 13.7 Å². The van der Waals surface area contributed by atoms with Gasteiger partial charge >= 0.3 is 0 Å². The zero-order valence-electron chi connectivity index (χ0n) is 10.1. The summed E-state index contributed by atoms with van der Waals surface area (Å²) in [6.07, 6.45) is 1.82. The Bertz CT molecular complexity index is 623. The van der Waals surface area contributed by atoms with Crippen molar-refractivity contribution in [2.45, 2.75) is 18.9 Å². The Morgan fingerprint density at radius 3 is 2.94 bits per heavy atom. The van der Waals surface area contributed by atoms with Crippen LogP contribution >= 0.6 is 0 Å². The van der Waals surface area contributed by atoms with Crippen LogP contribution in [0.25, 0.3) is 11.0 Å². The molecule has 0 saturated carbocycles. The normalized spacial score (nSPS) is 19.3. The molecule has 0 N–H and O–H groups in total. The van der Waals surface area contributed by atoms with Crippen molar-refractivity contribution in [1.82, 2.24) is 0 Å². The molecule has 1 aliphatic rings. The lowest BCUT2D eigenvalue weighted by molar-refractivity contribution is 0.0939. The van der Waals surface area contributed by atoms with E-state index >= 15 is 0 Å². The summed E-state index contributed by atoms with van der Waals surface area (Å²) in [4.78, 5) is 12.0. The number of fused-ring (bicyclic) bond motifs is 1. The molecule has 94 valence electrons. The van der Waals surface area contributed by atoms with E-state index in [0.29, 0.717) is 22.5 Å². The van der Waals surface area contributed by atoms with Gasteiger partial charge in [0.2, 0.25) is 0 Å². The van der Waals surface area contributed by atoms with Gasteiger partial charge in [0.1, 0.15) is 23.2 Å². The minimum atomic E-state index is -0.0895. The number of hydrogen-bond acceptors (Lipinski definition) is 4.